The van der Waals surface area contributed by atoms with E-state index >= 15 is 0 Å². The molecule has 0 spiro atoms. The summed E-state index contributed by atoms with van der Waals surface area (Å²) in [7, 11) is -0.669. The van der Waals surface area contributed by atoms with Crippen LogP contribution >= 0.6 is 0 Å². The zero-order valence-electron chi connectivity index (χ0n) is 53.3. The van der Waals surface area contributed by atoms with Crippen molar-refractivity contribution >= 4 is 42.7 Å². The van der Waals surface area contributed by atoms with Gasteiger partial charge in [0.25, 0.3) is 5.91 Å². The second-order valence-corrected chi connectivity index (χ2v) is 39.9. The van der Waals surface area contributed by atoms with Crippen LogP contribution in [-0.4, -0.2) is 151 Å². The van der Waals surface area contributed by atoms with Gasteiger partial charge in [0.15, 0.2) is 36.8 Å². The Morgan fingerprint density at radius 2 is 1.37 bits per heavy atom. The maximum atomic E-state index is 14.6. The lowest BCUT2D eigenvalue weighted by Gasteiger charge is -2.43. The number of hydrogen-bond acceptors (Lipinski definition) is 14. The summed E-state index contributed by atoms with van der Waals surface area (Å²) in [5.41, 5.74) is 2.41. The lowest BCUT2D eigenvalue weighted by Crippen LogP contribution is -2.52. The van der Waals surface area contributed by atoms with Crippen LogP contribution in [0.1, 0.15) is 148 Å². The van der Waals surface area contributed by atoms with Gasteiger partial charge in [0.1, 0.15) is 26.0 Å². The highest BCUT2D eigenvalue weighted by molar-refractivity contribution is 6.77. The number of ketones is 1. The predicted octanol–water partition coefficient (Wildman–Crippen LogP) is 14.1. The molecule has 0 unspecified atom stereocenters. The van der Waals surface area contributed by atoms with Crippen molar-refractivity contribution in [2.24, 2.45) is 11.3 Å². The minimum atomic E-state index is -2.41. The summed E-state index contributed by atoms with van der Waals surface area (Å²) in [6.45, 7) is 40.0. The number of aliphatic hydroxyl groups is 1. The average molecular weight is 1170 g/mol. The molecule has 1 saturated heterocycles. The topological polar surface area (TPSA) is 167 Å². The number of imide groups is 1. The predicted molar refractivity (Wildman–Crippen MR) is 324 cm³/mol. The molecule has 1 aromatic carbocycles. The summed E-state index contributed by atoms with van der Waals surface area (Å²) in [4.78, 5) is 43.4. The fourth-order valence-electron chi connectivity index (χ4n) is 11.2. The molecule has 0 aromatic heterocycles. The number of amides is 2. The molecule has 0 radical (unpaired) electrons. The van der Waals surface area contributed by atoms with E-state index in [-0.39, 0.29) is 67.7 Å². The number of aliphatic hydroxyl groups excluding tert-OH is 1. The first-order chi connectivity index (χ1) is 36.9. The van der Waals surface area contributed by atoms with Gasteiger partial charge in [-0.25, -0.2) is 9.69 Å². The fraction of sp³-hybridized carbons (Fsp3) is 0.787. The van der Waals surface area contributed by atoms with Crippen LogP contribution in [0.2, 0.25) is 52.9 Å². The maximum absolute atomic E-state index is 14.6. The van der Waals surface area contributed by atoms with Crippen LogP contribution in [0, 0.1) is 11.3 Å². The summed E-state index contributed by atoms with van der Waals surface area (Å²) in [5, 5.41) is 12.1. The SMILES string of the molecule is CC[C@H](/C=C(/C)[C@H](C[C@H](C[C@H](OCOC)C(C)(C)/C(O)=C/C(=O)C[C@H](C[C@@H](OC)[C@H](OCOC)C(=O)N1C(=O)OC[C@@H]1Cc1ccccc1)O[Si](CC)(CC)CC)OC)O[Si](C)(C)C(C)(C)C)CO[Si](C(C)C)(C(C)C)C(C)C. The van der Waals surface area contributed by atoms with Crippen molar-refractivity contribution in [1.29, 1.82) is 0 Å². The second kappa shape index (κ2) is 33.6. The molecule has 0 bridgehead atoms. The number of nitrogens with zero attached hydrogens (tertiary/aromatic N) is 1. The van der Waals surface area contributed by atoms with Crippen LogP contribution < -0.4 is 0 Å². The maximum Gasteiger partial charge on any atom is 0.417 e. The number of hydrogen-bond donors (Lipinski definition) is 1. The molecule has 79 heavy (non-hydrogen) atoms. The Morgan fingerprint density at radius 1 is 0.797 bits per heavy atom. The average Bonchev–Trinajstić information content (AvgIpc) is 3.77. The zero-order valence-corrected chi connectivity index (χ0v) is 56.3. The Balaban J connectivity index is 2.59. The van der Waals surface area contributed by atoms with E-state index in [9.17, 15) is 19.5 Å². The van der Waals surface area contributed by atoms with Gasteiger partial charge in [-0.2, -0.15) is 0 Å². The van der Waals surface area contributed by atoms with Crippen LogP contribution in [-0.2, 0) is 62.4 Å². The van der Waals surface area contributed by atoms with Crippen molar-refractivity contribution in [3.63, 3.8) is 0 Å². The number of rotatable bonds is 39. The van der Waals surface area contributed by atoms with Crippen molar-refractivity contribution < 1.29 is 65.9 Å². The van der Waals surface area contributed by atoms with Gasteiger partial charge in [-0.3, -0.25) is 9.59 Å². The molecule has 18 heteroatoms. The van der Waals surface area contributed by atoms with E-state index < -0.39 is 72.8 Å². The molecular weight excluding hydrogens is 1050 g/mol. The molecule has 0 aliphatic carbocycles. The van der Waals surface area contributed by atoms with E-state index in [4.69, 9.17) is 46.4 Å². The number of allylic oxidation sites excluding steroid dienone is 1. The van der Waals surface area contributed by atoms with Crippen molar-refractivity contribution in [3.05, 3.63) is 59.4 Å². The highest BCUT2D eigenvalue weighted by Gasteiger charge is 2.48. The van der Waals surface area contributed by atoms with Gasteiger partial charge in [0.2, 0.25) is 0 Å². The highest BCUT2D eigenvalue weighted by Crippen LogP contribution is 2.44. The Labute approximate surface area is 482 Å². The lowest BCUT2D eigenvalue weighted by atomic mass is 9.80. The molecular formula is C61H111NO14Si3. The molecule has 1 aliphatic heterocycles. The van der Waals surface area contributed by atoms with Crippen LogP contribution in [0.4, 0.5) is 4.79 Å². The van der Waals surface area contributed by atoms with Crippen LogP contribution in [0.5, 0.6) is 0 Å². The Bertz CT molecular complexity index is 1990. The Kier molecular flexibility index (Phi) is 30.9. The monoisotopic (exact) mass is 1170 g/mol. The number of ether oxygens (including phenoxy) is 7. The van der Waals surface area contributed by atoms with E-state index in [1.165, 1.54) is 20.3 Å². The summed E-state index contributed by atoms with van der Waals surface area (Å²) in [6.07, 6.45) is 0.619. The third kappa shape index (κ3) is 20.6. The number of benzene rings is 1. The van der Waals surface area contributed by atoms with E-state index in [0.29, 0.717) is 42.5 Å². The molecule has 456 valence electrons. The molecule has 1 fully saturated rings. The van der Waals surface area contributed by atoms with Gasteiger partial charge >= 0.3 is 6.09 Å². The molecule has 0 saturated carbocycles. The highest BCUT2D eigenvalue weighted by atomic mass is 28.4. The van der Waals surface area contributed by atoms with Gasteiger partial charge in [0, 0.05) is 72.2 Å². The molecule has 2 amide bonds. The number of carbonyl (C=O) groups excluding carboxylic acids is 3. The normalized spacial score (nSPS) is 18.3. The van der Waals surface area contributed by atoms with Crippen molar-refractivity contribution in [2.45, 2.75) is 245 Å². The van der Waals surface area contributed by atoms with Crippen LogP contribution in [0.3, 0.4) is 0 Å². The molecule has 1 aliphatic rings. The molecule has 1 aromatic rings. The second-order valence-electron chi connectivity index (χ2n) is 25.0. The minimum absolute atomic E-state index is 0.0259. The Hall–Kier alpha value is -2.60. The van der Waals surface area contributed by atoms with E-state index in [2.05, 4.69) is 116 Å². The zero-order chi connectivity index (χ0) is 60.1. The van der Waals surface area contributed by atoms with Crippen molar-refractivity contribution in [2.75, 3.05) is 55.2 Å². The van der Waals surface area contributed by atoms with Crippen molar-refractivity contribution in [1.82, 2.24) is 4.90 Å². The standard InChI is InChI=1S/C61H111NO14Si3/c1-23-47(39-74-79(43(5)6,44(7)8)45(9)10)32-46(11)53(76-77(21,22)60(12,13)14)36-51(69-19)38-56(72-41-67-17)61(15,16)55(64)35-50(63)34-52(75-78(24-2,25-3)26-4)37-54(70-20)57(73-42-68-18)58(65)62-49(40-71-59(62)66)33-48-30-28-27-29-31-48/h27-32,35,43-45,47,49,51-54,56-57,64H,23-26,33-34,36-42H2,1-22H3/b46-32-,55-35-/t47-,49+,51-,52-,53+,54-,56+,57+/m1/s1. The van der Waals surface area contributed by atoms with Crippen molar-refractivity contribution in [3.8, 4) is 0 Å². The summed E-state index contributed by atoms with van der Waals surface area (Å²) < 4.78 is 62.5. The van der Waals surface area contributed by atoms with E-state index in [0.717, 1.165) is 40.6 Å². The summed E-state index contributed by atoms with van der Waals surface area (Å²) in [5.74, 6) is -0.999. The lowest BCUT2D eigenvalue weighted by molar-refractivity contribution is -0.167. The summed E-state index contributed by atoms with van der Waals surface area (Å²) in [6, 6.07) is 11.4. The first-order valence-corrected chi connectivity index (χ1v) is 36.9. The smallest absolute Gasteiger partial charge is 0.417 e. The molecule has 1 heterocycles. The first-order valence-electron chi connectivity index (χ1n) is 29.4. The summed E-state index contributed by atoms with van der Waals surface area (Å²) >= 11 is 0. The third-order valence-corrected chi connectivity index (χ3v) is 32.8. The molecule has 1 N–H and O–H groups in total. The van der Waals surface area contributed by atoms with Gasteiger partial charge in [0.05, 0.1) is 36.6 Å². The fourth-order valence-corrected chi connectivity index (χ4v) is 20.9. The number of methoxy groups -OCH3 is 4. The molecule has 15 nitrogen and oxygen atoms in total. The molecule has 2 rings (SSSR count). The molecule has 8 atom stereocenters. The van der Waals surface area contributed by atoms with Gasteiger partial charge in [-0.05, 0) is 89.7 Å². The van der Waals surface area contributed by atoms with E-state index in [1.807, 2.05) is 44.2 Å². The van der Waals surface area contributed by atoms with E-state index in [1.54, 1.807) is 14.2 Å². The van der Waals surface area contributed by atoms with Gasteiger partial charge in [-0.1, -0.05) is 140 Å². The third-order valence-electron chi connectivity index (χ3n) is 17.5. The quantitative estimate of drug-likeness (QED) is 0.0217. The van der Waals surface area contributed by atoms with Crippen LogP contribution in [0.25, 0.3) is 0 Å². The Morgan fingerprint density at radius 3 is 1.86 bits per heavy atom. The van der Waals surface area contributed by atoms with Crippen LogP contribution in [0.15, 0.2) is 53.8 Å². The number of cyclic esters (lactones) is 1. The van der Waals surface area contributed by atoms with Gasteiger partial charge in [-0.15, -0.1) is 0 Å². The minimum Gasteiger partial charge on any atom is -0.512 e. The van der Waals surface area contributed by atoms with Gasteiger partial charge < -0.3 is 51.5 Å². The first kappa shape index (κ1) is 72.5. The number of carbonyl (C=O) groups is 3. The largest absolute Gasteiger partial charge is 0.512 e.